The summed E-state index contributed by atoms with van der Waals surface area (Å²) in [7, 11) is 1.62. The van der Waals surface area contributed by atoms with Crippen molar-refractivity contribution in [3.63, 3.8) is 0 Å². The minimum absolute atomic E-state index is 0.192. The zero-order valence-electron chi connectivity index (χ0n) is 10.4. The molecule has 0 saturated heterocycles. The molecule has 0 atom stereocenters. The van der Waals surface area contributed by atoms with E-state index in [2.05, 4.69) is 10.6 Å². The number of rotatable bonds is 3. The van der Waals surface area contributed by atoms with Crippen molar-refractivity contribution in [2.45, 2.75) is 0 Å². The van der Waals surface area contributed by atoms with Gasteiger partial charge in [-0.25, -0.2) is 0 Å². The highest BCUT2D eigenvalue weighted by atomic mass is 32.1. The van der Waals surface area contributed by atoms with Gasteiger partial charge < -0.3 is 20.5 Å². The molecule has 0 amide bonds. The third kappa shape index (κ3) is 3.86. The summed E-state index contributed by atoms with van der Waals surface area (Å²) in [5.74, 6) is 0.981. The Morgan fingerprint density at radius 2 is 1.74 bits per heavy atom. The van der Waals surface area contributed by atoms with Gasteiger partial charge in [-0.15, -0.1) is 0 Å². The maximum atomic E-state index is 9.36. The number of hydrogen-bond acceptors (Lipinski definition) is 3. The van der Waals surface area contributed by atoms with Crippen LogP contribution in [0.5, 0.6) is 11.5 Å². The van der Waals surface area contributed by atoms with E-state index in [1.165, 1.54) is 0 Å². The average Bonchev–Trinajstić information content (AvgIpc) is 2.39. The second-order valence-corrected chi connectivity index (χ2v) is 4.27. The highest BCUT2D eigenvalue weighted by Gasteiger charge is 2.00. The lowest BCUT2D eigenvalue weighted by molar-refractivity contribution is 0.415. The number of phenolic OH excluding ortho intramolecular Hbond substituents is 1. The SMILES string of the molecule is COc1ccc(NC(=S)Nc2cccc(O)c2)cc1. The number of hydrogen-bond donors (Lipinski definition) is 3. The molecule has 0 heterocycles. The van der Waals surface area contributed by atoms with Crippen LogP contribution in [0.25, 0.3) is 0 Å². The van der Waals surface area contributed by atoms with Gasteiger partial charge in [0.2, 0.25) is 0 Å². The normalized spacial score (nSPS) is 9.74. The molecule has 3 N–H and O–H groups in total. The molecule has 0 aliphatic carbocycles. The molecule has 4 nitrogen and oxygen atoms in total. The van der Waals surface area contributed by atoms with Gasteiger partial charge >= 0.3 is 0 Å². The van der Waals surface area contributed by atoms with Crippen LogP contribution in [0.3, 0.4) is 0 Å². The van der Waals surface area contributed by atoms with Crippen molar-refractivity contribution < 1.29 is 9.84 Å². The number of thiocarbonyl (C=S) groups is 1. The van der Waals surface area contributed by atoms with Crippen LogP contribution in [0.2, 0.25) is 0 Å². The summed E-state index contributed by atoms with van der Waals surface area (Å²) in [4.78, 5) is 0. The highest BCUT2D eigenvalue weighted by Crippen LogP contribution is 2.17. The molecule has 98 valence electrons. The fourth-order valence-electron chi connectivity index (χ4n) is 1.55. The van der Waals surface area contributed by atoms with Crippen LogP contribution in [-0.2, 0) is 0 Å². The second-order valence-electron chi connectivity index (χ2n) is 3.86. The molecule has 5 heteroatoms. The Bertz CT molecular complexity index is 570. The van der Waals surface area contributed by atoms with E-state index in [0.717, 1.165) is 17.1 Å². The topological polar surface area (TPSA) is 53.5 Å². The van der Waals surface area contributed by atoms with Crippen LogP contribution < -0.4 is 15.4 Å². The fourth-order valence-corrected chi connectivity index (χ4v) is 1.79. The minimum atomic E-state index is 0.192. The molecule has 2 aromatic carbocycles. The lowest BCUT2D eigenvalue weighted by atomic mass is 10.3. The number of aromatic hydroxyl groups is 1. The first-order valence-corrected chi connectivity index (χ1v) is 6.09. The molecule has 19 heavy (non-hydrogen) atoms. The maximum absolute atomic E-state index is 9.36. The molecule has 0 bridgehead atoms. The average molecular weight is 274 g/mol. The van der Waals surface area contributed by atoms with Gasteiger partial charge in [0.05, 0.1) is 7.11 Å². The second kappa shape index (κ2) is 6.06. The van der Waals surface area contributed by atoms with Gasteiger partial charge in [0, 0.05) is 17.4 Å². The Morgan fingerprint density at radius 3 is 2.37 bits per heavy atom. The zero-order valence-corrected chi connectivity index (χ0v) is 11.2. The highest BCUT2D eigenvalue weighted by molar-refractivity contribution is 7.80. The number of ether oxygens (including phenoxy) is 1. The van der Waals surface area contributed by atoms with Crippen molar-refractivity contribution >= 4 is 28.7 Å². The van der Waals surface area contributed by atoms with Gasteiger partial charge in [-0.1, -0.05) is 6.07 Å². The number of anilines is 2. The molecule has 0 unspecified atom stereocenters. The number of methoxy groups -OCH3 is 1. The standard InChI is InChI=1S/C14H14N2O2S/c1-18-13-7-5-10(6-8-13)15-14(19)16-11-3-2-4-12(17)9-11/h2-9,17H,1H3,(H2,15,16,19). The Morgan fingerprint density at radius 1 is 1.05 bits per heavy atom. The molecule has 0 aliphatic rings. The third-order valence-electron chi connectivity index (χ3n) is 2.45. The Labute approximate surface area is 117 Å². The van der Waals surface area contributed by atoms with Crippen LogP contribution in [0.1, 0.15) is 0 Å². The van der Waals surface area contributed by atoms with E-state index in [-0.39, 0.29) is 5.75 Å². The first-order valence-electron chi connectivity index (χ1n) is 5.68. The summed E-state index contributed by atoms with van der Waals surface area (Å²) in [6, 6.07) is 14.2. The summed E-state index contributed by atoms with van der Waals surface area (Å²) in [6.07, 6.45) is 0. The van der Waals surface area contributed by atoms with Crippen molar-refractivity contribution in [1.29, 1.82) is 0 Å². The predicted molar refractivity (Wildman–Crippen MR) is 80.9 cm³/mol. The summed E-state index contributed by atoms with van der Waals surface area (Å²) >= 11 is 5.19. The third-order valence-corrected chi connectivity index (χ3v) is 2.66. The summed E-state index contributed by atoms with van der Waals surface area (Å²) in [5, 5.41) is 15.8. The smallest absolute Gasteiger partial charge is 0.175 e. The zero-order chi connectivity index (χ0) is 13.7. The molecule has 0 saturated carbocycles. The van der Waals surface area contributed by atoms with Crippen molar-refractivity contribution in [2.75, 3.05) is 17.7 Å². The molecule has 2 rings (SSSR count). The van der Waals surface area contributed by atoms with Gasteiger partial charge in [0.25, 0.3) is 0 Å². The first-order chi connectivity index (χ1) is 9.17. The Hall–Kier alpha value is -2.27. The summed E-state index contributed by atoms with van der Waals surface area (Å²) < 4.78 is 5.08. The van der Waals surface area contributed by atoms with Crippen LogP contribution >= 0.6 is 12.2 Å². The van der Waals surface area contributed by atoms with E-state index in [9.17, 15) is 5.11 Å². The quantitative estimate of drug-likeness (QED) is 0.750. The molecule has 0 aromatic heterocycles. The van der Waals surface area contributed by atoms with E-state index in [0.29, 0.717) is 5.11 Å². The van der Waals surface area contributed by atoms with Crippen molar-refractivity contribution in [2.24, 2.45) is 0 Å². The van der Waals surface area contributed by atoms with Gasteiger partial charge in [0.15, 0.2) is 5.11 Å². The fraction of sp³-hybridized carbons (Fsp3) is 0.0714. The monoisotopic (exact) mass is 274 g/mol. The van der Waals surface area contributed by atoms with Crippen LogP contribution in [0, 0.1) is 0 Å². The largest absolute Gasteiger partial charge is 0.508 e. The number of benzene rings is 2. The van der Waals surface area contributed by atoms with E-state index in [1.54, 1.807) is 25.3 Å². The number of phenols is 1. The van der Waals surface area contributed by atoms with E-state index < -0.39 is 0 Å². The maximum Gasteiger partial charge on any atom is 0.175 e. The molecule has 0 aliphatic heterocycles. The molecule has 0 fully saturated rings. The van der Waals surface area contributed by atoms with Gasteiger partial charge in [-0.3, -0.25) is 0 Å². The molecule has 0 spiro atoms. The van der Waals surface area contributed by atoms with E-state index in [4.69, 9.17) is 17.0 Å². The molecular formula is C14H14N2O2S. The van der Waals surface area contributed by atoms with Crippen molar-refractivity contribution in [1.82, 2.24) is 0 Å². The van der Waals surface area contributed by atoms with Crippen LogP contribution in [0.4, 0.5) is 11.4 Å². The Balaban J connectivity index is 1.97. The summed E-state index contributed by atoms with van der Waals surface area (Å²) in [6.45, 7) is 0. The molecular weight excluding hydrogens is 260 g/mol. The van der Waals surface area contributed by atoms with E-state index in [1.807, 2.05) is 30.3 Å². The number of nitrogens with one attached hydrogen (secondary N) is 2. The molecule has 0 radical (unpaired) electrons. The van der Waals surface area contributed by atoms with Crippen LogP contribution in [0.15, 0.2) is 48.5 Å². The van der Waals surface area contributed by atoms with Crippen molar-refractivity contribution in [3.05, 3.63) is 48.5 Å². The lowest BCUT2D eigenvalue weighted by Crippen LogP contribution is -2.18. The predicted octanol–water partition coefficient (Wildman–Crippen LogP) is 3.21. The van der Waals surface area contributed by atoms with Gasteiger partial charge in [-0.05, 0) is 48.6 Å². The Kier molecular flexibility index (Phi) is 4.20. The van der Waals surface area contributed by atoms with E-state index >= 15 is 0 Å². The first kappa shape index (κ1) is 13.2. The minimum Gasteiger partial charge on any atom is -0.508 e. The van der Waals surface area contributed by atoms with Gasteiger partial charge in [0.1, 0.15) is 11.5 Å². The van der Waals surface area contributed by atoms with Crippen molar-refractivity contribution in [3.8, 4) is 11.5 Å². The molecule has 2 aromatic rings. The van der Waals surface area contributed by atoms with Crippen LogP contribution in [-0.4, -0.2) is 17.3 Å². The van der Waals surface area contributed by atoms with Gasteiger partial charge in [-0.2, -0.15) is 0 Å². The summed E-state index contributed by atoms with van der Waals surface area (Å²) in [5.41, 5.74) is 1.59. The lowest BCUT2D eigenvalue weighted by Gasteiger charge is -2.11.